The quantitative estimate of drug-likeness (QED) is 0.545. The molecule has 0 aromatic heterocycles. The van der Waals surface area contributed by atoms with Crippen molar-refractivity contribution in [3.05, 3.63) is 94.0 Å². The topological polar surface area (TPSA) is 107 Å². The number of aryl methyl sites for hydroxylation is 2. The number of hydrogen-bond acceptors (Lipinski definition) is 4. The Labute approximate surface area is 188 Å². The maximum absolute atomic E-state index is 13.2. The number of hydrogen-bond donors (Lipinski definition) is 2. The minimum Gasteiger partial charge on any atom is -0.481 e. The van der Waals surface area contributed by atoms with Gasteiger partial charge in [-0.3, -0.25) is 9.52 Å². The highest BCUT2D eigenvalue weighted by Crippen LogP contribution is 2.30. The number of benzene rings is 3. The van der Waals surface area contributed by atoms with Crippen LogP contribution in [0.25, 0.3) is 0 Å². The van der Waals surface area contributed by atoms with E-state index in [4.69, 9.17) is 0 Å². The Morgan fingerprint density at radius 3 is 2.16 bits per heavy atom. The number of nitrogens with zero attached hydrogens (tertiary/aromatic N) is 1. The number of carbonyl (C=O) groups is 1. The van der Waals surface area contributed by atoms with Gasteiger partial charge in [-0.25, -0.2) is 8.42 Å². The van der Waals surface area contributed by atoms with Gasteiger partial charge in [-0.05, 0) is 66.3 Å². The van der Waals surface area contributed by atoms with Crippen molar-refractivity contribution in [2.75, 3.05) is 4.72 Å². The summed E-state index contributed by atoms with van der Waals surface area (Å²) in [5.41, 5.74) is 4.20. The molecule has 32 heavy (non-hydrogen) atoms. The molecule has 0 aliphatic carbocycles. The van der Waals surface area contributed by atoms with E-state index in [1.54, 1.807) is 51.1 Å². The fraction of sp³-hybridized carbons (Fsp3) is 0.200. The molecule has 164 valence electrons. The van der Waals surface area contributed by atoms with Gasteiger partial charge in [0.2, 0.25) is 0 Å². The fourth-order valence-corrected chi connectivity index (χ4v) is 5.54. The van der Waals surface area contributed by atoms with Crippen LogP contribution in [0, 0.1) is 32.1 Å². The second kappa shape index (κ2) is 9.25. The second-order valence-corrected chi connectivity index (χ2v) is 9.33. The lowest BCUT2D eigenvalue weighted by Gasteiger charge is -2.18. The summed E-state index contributed by atoms with van der Waals surface area (Å²) in [5, 5.41) is 18.8. The van der Waals surface area contributed by atoms with Crippen molar-refractivity contribution in [1.82, 2.24) is 0 Å². The summed E-state index contributed by atoms with van der Waals surface area (Å²) in [6, 6.07) is 20.0. The summed E-state index contributed by atoms with van der Waals surface area (Å²) in [7, 11) is -3.95. The van der Waals surface area contributed by atoms with E-state index in [-0.39, 0.29) is 11.3 Å². The number of rotatable bonds is 7. The summed E-state index contributed by atoms with van der Waals surface area (Å²) in [6.07, 6.45) is -0.246. The maximum Gasteiger partial charge on any atom is 0.307 e. The van der Waals surface area contributed by atoms with Crippen molar-refractivity contribution in [2.24, 2.45) is 0 Å². The van der Waals surface area contributed by atoms with E-state index in [0.717, 1.165) is 16.7 Å². The maximum atomic E-state index is 13.2. The molecular formula is C25H24N2O4S. The summed E-state index contributed by atoms with van der Waals surface area (Å²) < 4.78 is 28.9. The van der Waals surface area contributed by atoms with Crippen molar-refractivity contribution >= 4 is 21.7 Å². The Morgan fingerprint density at radius 2 is 1.59 bits per heavy atom. The number of carboxylic acid groups (broad SMARTS) is 1. The molecule has 0 saturated heterocycles. The van der Waals surface area contributed by atoms with Crippen molar-refractivity contribution in [1.29, 1.82) is 5.26 Å². The Kier molecular flexibility index (Phi) is 6.66. The molecule has 3 rings (SSSR count). The predicted molar refractivity (Wildman–Crippen MR) is 123 cm³/mol. The average Bonchev–Trinajstić information content (AvgIpc) is 2.73. The van der Waals surface area contributed by atoms with Gasteiger partial charge in [0.1, 0.15) is 0 Å². The van der Waals surface area contributed by atoms with Crippen LogP contribution < -0.4 is 4.72 Å². The molecule has 0 aliphatic rings. The molecule has 3 aromatic carbocycles. The fourth-order valence-electron chi connectivity index (χ4n) is 3.98. The molecule has 0 aliphatic heterocycles. The number of carboxylic acids is 1. The van der Waals surface area contributed by atoms with Gasteiger partial charge in [0.05, 0.1) is 23.3 Å². The molecule has 3 aromatic rings. The third-order valence-corrected chi connectivity index (χ3v) is 7.09. The van der Waals surface area contributed by atoms with Crippen molar-refractivity contribution < 1.29 is 18.3 Å². The Morgan fingerprint density at radius 1 is 1.00 bits per heavy atom. The zero-order chi connectivity index (χ0) is 23.5. The smallest absolute Gasteiger partial charge is 0.307 e. The molecule has 0 saturated carbocycles. The number of nitriles is 1. The minimum absolute atomic E-state index is 0.0858. The highest BCUT2D eigenvalue weighted by atomic mass is 32.2. The predicted octanol–water partition coefficient (Wildman–Crippen LogP) is 4.70. The number of anilines is 1. The SMILES string of the molecule is Cc1cc(C)c(S(=O)(=O)Nc2ccc(C(C#N)c3ccccc3)cc2)c(C)c1CC(=O)O. The van der Waals surface area contributed by atoms with E-state index in [2.05, 4.69) is 10.8 Å². The standard InChI is InChI=1S/C25H24N2O4S/c1-16-13-17(2)25(18(3)22(16)14-24(28)29)32(30,31)27-21-11-9-20(10-12-21)23(15-26)19-7-5-4-6-8-19/h4-13,23,27H,14H2,1-3H3,(H,28,29). The van der Waals surface area contributed by atoms with Crippen molar-refractivity contribution in [3.8, 4) is 6.07 Å². The van der Waals surface area contributed by atoms with Gasteiger partial charge in [-0.1, -0.05) is 48.5 Å². The van der Waals surface area contributed by atoms with Crippen molar-refractivity contribution in [3.63, 3.8) is 0 Å². The first kappa shape index (κ1) is 23.0. The monoisotopic (exact) mass is 448 g/mol. The van der Waals surface area contributed by atoms with E-state index in [9.17, 15) is 23.6 Å². The third-order valence-electron chi connectivity index (χ3n) is 5.42. The van der Waals surface area contributed by atoms with Crippen LogP contribution in [0.15, 0.2) is 65.6 Å². The molecule has 0 fully saturated rings. The molecule has 0 spiro atoms. The molecule has 0 heterocycles. The first-order valence-corrected chi connectivity index (χ1v) is 11.5. The summed E-state index contributed by atoms with van der Waals surface area (Å²) in [4.78, 5) is 11.3. The van der Waals surface area contributed by atoms with Crippen LogP contribution >= 0.6 is 0 Å². The summed E-state index contributed by atoms with van der Waals surface area (Å²) >= 11 is 0. The van der Waals surface area contributed by atoms with Gasteiger partial charge in [0, 0.05) is 5.69 Å². The second-order valence-electron chi connectivity index (χ2n) is 7.71. The normalized spacial score (nSPS) is 12.1. The highest BCUT2D eigenvalue weighted by Gasteiger charge is 2.24. The Bertz CT molecular complexity index is 1290. The molecule has 0 radical (unpaired) electrons. The lowest BCUT2D eigenvalue weighted by molar-refractivity contribution is -0.136. The van der Waals surface area contributed by atoms with Crippen LogP contribution in [-0.4, -0.2) is 19.5 Å². The zero-order valence-corrected chi connectivity index (χ0v) is 18.9. The molecule has 1 unspecified atom stereocenters. The van der Waals surface area contributed by atoms with Gasteiger partial charge in [-0.15, -0.1) is 0 Å². The largest absolute Gasteiger partial charge is 0.481 e. The van der Waals surface area contributed by atoms with E-state index in [1.807, 2.05) is 30.3 Å². The Hall–Kier alpha value is -3.63. The van der Waals surface area contributed by atoms with Gasteiger partial charge in [0.15, 0.2) is 0 Å². The van der Waals surface area contributed by atoms with E-state index in [1.165, 1.54) is 0 Å². The van der Waals surface area contributed by atoms with Crippen LogP contribution in [0.3, 0.4) is 0 Å². The molecule has 7 heteroatoms. The van der Waals surface area contributed by atoms with Crippen molar-refractivity contribution in [2.45, 2.75) is 38.0 Å². The number of nitrogens with one attached hydrogen (secondary N) is 1. The average molecular weight is 449 g/mol. The van der Waals surface area contributed by atoms with Crippen LogP contribution in [0.1, 0.15) is 39.3 Å². The summed E-state index contributed by atoms with van der Waals surface area (Å²) in [6.45, 7) is 5.10. The van der Waals surface area contributed by atoms with Crippen LogP contribution in [-0.2, 0) is 21.2 Å². The minimum atomic E-state index is -3.95. The van der Waals surface area contributed by atoms with E-state index >= 15 is 0 Å². The first-order chi connectivity index (χ1) is 15.1. The lowest BCUT2D eigenvalue weighted by atomic mass is 9.93. The molecule has 2 N–H and O–H groups in total. The molecule has 0 bridgehead atoms. The molecule has 1 atom stereocenters. The van der Waals surface area contributed by atoms with Crippen LogP contribution in [0.4, 0.5) is 5.69 Å². The van der Waals surface area contributed by atoms with E-state index < -0.39 is 21.9 Å². The zero-order valence-electron chi connectivity index (χ0n) is 18.1. The molecule has 6 nitrogen and oxygen atoms in total. The van der Waals surface area contributed by atoms with Gasteiger partial charge >= 0.3 is 5.97 Å². The number of sulfonamides is 1. The van der Waals surface area contributed by atoms with Crippen LogP contribution in [0.2, 0.25) is 0 Å². The first-order valence-electron chi connectivity index (χ1n) is 10.0. The highest BCUT2D eigenvalue weighted by molar-refractivity contribution is 7.92. The van der Waals surface area contributed by atoms with Crippen LogP contribution in [0.5, 0.6) is 0 Å². The molecule has 0 amide bonds. The number of aliphatic carboxylic acids is 1. The molecular weight excluding hydrogens is 424 g/mol. The van der Waals surface area contributed by atoms with Gasteiger partial charge in [0.25, 0.3) is 10.0 Å². The Balaban J connectivity index is 1.92. The van der Waals surface area contributed by atoms with Gasteiger partial charge < -0.3 is 5.11 Å². The lowest BCUT2D eigenvalue weighted by Crippen LogP contribution is -2.18. The van der Waals surface area contributed by atoms with Gasteiger partial charge in [-0.2, -0.15) is 5.26 Å². The third kappa shape index (κ3) is 4.82. The summed E-state index contributed by atoms with van der Waals surface area (Å²) in [5.74, 6) is -1.47. The van der Waals surface area contributed by atoms with E-state index in [0.29, 0.717) is 22.4 Å².